The van der Waals surface area contributed by atoms with Crippen LogP contribution in [-0.2, 0) is 10.0 Å². The Morgan fingerprint density at radius 2 is 1.89 bits per heavy atom. The van der Waals surface area contributed by atoms with Gasteiger partial charge < -0.3 is 0 Å². The van der Waals surface area contributed by atoms with E-state index in [0.717, 1.165) is 24.5 Å². The zero-order valence-corrected chi connectivity index (χ0v) is 15.5. The fourth-order valence-corrected chi connectivity index (χ4v) is 4.33. The van der Waals surface area contributed by atoms with Gasteiger partial charge in [-0.1, -0.05) is 0 Å². The monoisotopic (exact) mass is 389 g/mol. The highest BCUT2D eigenvalue weighted by Crippen LogP contribution is 2.30. The van der Waals surface area contributed by atoms with Gasteiger partial charge in [0, 0.05) is 37.1 Å². The van der Waals surface area contributed by atoms with Crippen LogP contribution in [0, 0.1) is 10.1 Å². The smallest absolute Gasteiger partial charge is 0.271 e. The molecule has 0 aliphatic carbocycles. The van der Waals surface area contributed by atoms with Crippen LogP contribution < -0.4 is 5.43 Å². The molecule has 0 saturated carbocycles. The average Bonchev–Trinajstić information content (AvgIpc) is 3.22. The molecule has 1 N–H and O–H groups in total. The van der Waals surface area contributed by atoms with Gasteiger partial charge in [-0.3, -0.25) is 20.5 Å². The number of pyridine rings is 1. The molecule has 1 aromatic carbocycles. The van der Waals surface area contributed by atoms with E-state index in [1.165, 1.54) is 16.4 Å². The van der Waals surface area contributed by atoms with Gasteiger partial charge in [0.05, 0.1) is 15.5 Å². The molecule has 0 atom stereocenters. The minimum Gasteiger partial charge on any atom is -0.271 e. The van der Waals surface area contributed by atoms with E-state index in [9.17, 15) is 18.5 Å². The standard InChI is InChI=1S/C17H19N5O4S/c1-13(14-6-8-18-9-7-14)19-20-16-5-4-15(12-17(16)22(23)24)27(25,26)21-10-2-3-11-21/h4-9,12,20H,2-3,10-11H2,1H3. The number of benzene rings is 1. The van der Waals surface area contributed by atoms with Gasteiger partial charge >= 0.3 is 0 Å². The molecule has 10 heteroatoms. The van der Waals surface area contributed by atoms with Crippen LogP contribution in [0.3, 0.4) is 0 Å². The van der Waals surface area contributed by atoms with Crippen LogP contribution >= 0.6 is 0 Å². The van der Waals surface area contributed by atoms with Crippen molar-refractivity contribution in [2.45, 2.75) is 24.7 Å². The van der Waals surface area contributed by atoms with E-state index in [4.69, 9.17) is 0 Å². The van der Waals surface area contributed by atoms with Crippen molar-refractivity contribution in [1.82, 2.24) is 9.29 Å². The highest BCUT2D eigenvalue weighted by Gasteiger charge is 2.29. The Hall–Kier alpha value is -2.85. The fourth-order valence-electron chi connectivity index (χ4n) is 2.80. The molecule has 0 amide bonds. The molecule has 0 radical (unpaired) electrons. The highest BCUT2D eigenvalue weighted by atomic mass is 32.2. The summed E-state index contributed by atoms with van der Waals surface area (Å²) in [6.45, 7) is 2.62. The predicted molar refractivity (Wildman–Crippen MR) is 101 cm³/mol. The van der Waals surface area contributed by atoms with Crippen LogP contribution in [0.4, 0.5) is 11.4 Å². The molecule has 9 nitrogen and oxygen atoms in total. The van der Waals surface area contributed by atoms with E-state index in [-0.39, 0.29) is 16.3 Å². The van der Waals surface area contributed by atoms with E-state index >= 15 is 0 Å². The number of rotatable bonds is 6. The summed E-state index contributed by atoms with van der Waals surface area (Å²) in [6.07, 6.45) is 4.83. The summed E-state index contributed by atoms with van der Waals surface area (Å²) < 4.78 is 26.6. The number of nitrogens with zero attached hydrogens (tertiary/aromatic N) is 4. The average molecular weight is 389 g/mol. The lowest BCUT2D eigenvalue weighted by Crippen LogP contribution is -2.27. The van der Waals surface area contributed by atoms with Crippen LogP contribution in [0.2, 0.25) is 0 Å². The molecule has 1 saturated heterocycles. The van der Waals surface area contributed by atoms with Gasteiger partial charge in [0.15, 0.2) is 0 Å². The fraction of sp³-hybridized carbons (Fsp3) is 0.294. The topological polar surface area (TPSA) is 118 Å². The van der Waals surface area contributed by atoms with E-state index in [1.807, 2.05) is 0 Å². The van der Waals surface area contributed by atoms with Crippen molar-refractivity contribution in [3.63, 3.8) is 0 Å². The largest absolute Gasteiger partial charge is 0.295 e. The Bertz CT molecular complexity index is 970. The molecule has 1 aliphatic heterocycles. The van der Waals surface area contributed by atoms with Crippen LogP contribution in [0.1, 0.15) is 25.3 Å². The number of hydrazone groups is 1. The maximum atomic E-state index is 12.6. The molecule has 0 spiro atoms. The van der Waals surface area contributed by atoms with Gasteiger partial charge in [0.2, 0.25) is 10.0 Å². The minimum atomic E-state index is -3.73. The summed E-state index contributed by atoms with van der Waals surface area (Å²) in [5.74, 6) is 0. The lowest BCUT2D eigenvalue weighted by molar-refractivity contribution is -0.384. The van der Waals surface area contributed by atoms with Crippen molar-refractivity contribution in [1.29, 1.82) is 0 Å². The quantitative estimate of drug-likeness (QED) is 0.461. The maximum Gasteiger partial charge on any atom is 0.295 e. The van der Waals surface area contributed by atoms with Gasteiger partial charge in [0.1, 0.15) is 5.69 Å². The van der Waals surface area contributed by atoms with Gasteiger partial charge in [-0.15, -0.1) is 0 Å². The highest BCUT2D eigenvalue weighted by molar-refractivity contribution is 7.89. The third kappa shape index (κ3) is 4.12. The Morgan fingerprint density at radius 3 is 2.52 bits per heavy atom. The van der Waals surface area contributed by atoms with E-state index in [0.29, 0.717) is 18.8 Å². The van der Waals surface area contributed by atoms with Crippen LogP contribution in [0.15, 0.2) is 52.7 Å². The SMILES string of the molecule is CC(=NNc1ccc(S(=O)(=O)N2CCCC2)cc1[N+](=O)[O-])c1ccncc1. The van der Waals surface area contributed by atoms with Crippen molar-refractivity contribution in [2.75, 3.05) is 18.5 Å². The molecule has 1 aliphatic rings. The van der Waals surface area contributed by atoms with Crippen molar-refractivity contribution in [3.8, 4) is 0 Å². The summed E-state index contributed by atoms with van der Waals surface area (Å²) in [6, 6.07) is 7.33. The van der Waals surface area contributed by atoms with Crippen molar-refractivity contribution < 1.29 is 13.3 Å². The van der Waals surface area contributed by atoms with Gasteiger partial charge in [0.25, 0.3) is 5.69 Å². The second-order valence-corrected chi connectivity index (χ2v) is 8.03. The van der Waals surface area contributed by atoms with Crippen molar-refractivity contribution in [2.24, 2.45) is 5.10 Å². The van der Waals surface area contributed by atoms with Gasteiger partial charge in [-0.2, -0.15) is 9.41 Å². The molecule has 1 aromatic heterocycles. The van der Waals surface area contributed by atoms with Gasteiger partial charge in [-0.05, 0) is 44.0 Å². The summed E-state index contributed by atoms with van der Waals surface area (Å²) in [7, 11) is -3.73. The predicted octanol–water partition coefficient (Wildman–Crippen LogP) is 2.61. The molecule has 0 unspecified atom stereocenters. The van der Waals surface area contributed by atoms with Crippen molar-refractivity contribution in [3.05, 3.63) is 58.4 Å². The number of nitrogens with one attached hydrogen (secondary N) is 1. The number of aromatic nitrogens is 1. The zero-order chi connectivity index (χ0) is 19.4. The lowest BCUT2D eigenvalue weighted by atomic mass is 10.2. The second kappa shape index (κ2) is 7.80. The second-order valence-electron chi connectivity index (χ2n) is 6.09. The molecule has 2 aromatic rings. The molecular formula is C17H19N5O4S. The number of nitro groups is 1. The molecule has 27 heavy (non-hydrogen) atoms. The minimum absolute atomic E-state index is 0.0866. The molecule has 0 bridgehead atoms. The Labute approximate surface area is 156 Å². The first-order valence-electron chi connectivity index (χ1n) is 8.39. The first-order valence-corrected chi connectivity index (χ1v) is 9.83. The Kier molecular flexibility index (Phi) is 5.47. The lowest BCUT2D eigenvalue weighted by Gasteiger charge is -2.15. The van der Waals surface area contributed by atoms with E-state index in [1.54, 1.807) is 31.5 Å². The number of anilines is 1. The number of hydrogen-bond donors (Lipinski definition) is 1. The van der Waals surface area contributed by atoms with E-state index < -0.39 is 14.9 Å². The van der Waals surface area contributed by atoms with Gasteiger partial charge in [-0.25, -0.2) is 8.42 Å². The first kappa shape index (κ1) is 18.9. The third-order valence-electron chi connectivity index (χ3n) is 4.31. The Morgan fingerprint density at radius 1 is 1.22 bits per heavy atom. The summed E-state index contributed by atoms with van der Waals surface area (Å²) in [5.41, 5.74) is 3.86. The maximum absolute atomic E-state index is 12.6. The molecule has 1 fully saturated rings. The number of nitro benzene ring substituents is 1. The summed E-state index contributed by atoms with van der Waals surface area (Å²) in [5, 5.41) is 15.6. The molecule has 3 rings (SSSR count). The number of sulfonamides is 1. The summed E-state index contributed by atoms with van der Waals surface area (Å²) in [4.78, 5) is 14.7. The molecule has 2 heterocycles. The van der Waals surface area contributed by atoms with Crippen LogP contribution in [-0.4, -0.2) is 41.4 Å². The normalized spacial score (nSPS) is 15.7. The third-order valence-corrected chi connectivity index (χ3v) is 6.21. The summed E-state index contributed by atoms with van der Waals surface area (Å²) >= 11 is 0. The molecule has 142 valence electrons. The number of hydrogen-bond acceptors (Lipinski definition) is 7. The van der Waals surface area contributed by atoms with E-state index in [2.05, 4.69) is 15.5 Å². The van der Waals surface area contributed by atoms with Crippen molar-refractivity contribution >= 4 is 27.1 Å². The van der Waals surface area contributed by atoms with Crippen LogP contribution in [0.5, 0.6) is 0 Å². The molecular weight excluding hydrogens is 370 g/mol. The zero-order valence-electron chi connectivity index (χ0n) is 14.7. The van der Waals surface area contributed by atoms with Crippen LogP contribution in [0.25, 0.3) is 0 Å². The first-order chi connectivity index (χ1) is 12.9. The Balaban J connectivity index is 1.89.